The fourth-order valence-corrected chi connectivity index (χ4v) is 5.32. The first-order chi connectivity index (χ1) is 16.7. The summed E-state index contributed by atoms with van der Waals surface area (Å²) in [5.74, 6) is -0.345. The summed E-state index contributed by atoms with van der Waals surface area (Å²) >= 11 is 1.30. The molecule has 194 valence electrons. The van der Waals surface area contributed by atoms with Crippen LogP contribution in [0.2, 0.25) is 0 Å². The van der Waals surface area contributed by atoms with E-state index in [1.54, 1.807) is 20.5 Å². The van der Waals surface area contributed by atoms with E-state index in [1.165, 1.54) is 11.3 Å². The molecule has 0 aromatic carbocycles. The molecule has 35 heavy (non-hydrogen) atoms. The van der Waals surface area contributed by atoms with E-state index in [0.717, 1.165) is 55.5 Å². The Morgan fingerprint density at radius 1 is 1.14 bits per heavy atom. The maximum atomic E-state index is 13.3. The molecule has 1 saturated heterocycles. The van der Waals surface area contributed by atoms with Crippen LogP contribution in [0.1, 0.15) is 54.3 Å². The monoisotopic (exact) mass is 506 g/mol. The molecule has 0 saturated carbocycles. The third kappa shape index (κ3) is 8.91. The number of hydrogen-bond donors (Lipinski definition) is 2. The predicted octanol–water partition coefficient (Wildman–Crippen LogP) is 3.83. The fraction of sp³-hybridized carbons (Fsp3) is 0.577. The van der Waals surface area contributed by atoms with Crippen LogP contribution in [-0.2, 0) is 19.1 Å². The van der Waals surface area contributed by atoms with Crippen LogP contribution in [0.25, 0.3) is 0 Å². The van der Waals surface area contributed by atoms with Crippen molar-refractivity contribution in [1.82, 2.24) is 5.32 Å². The summed E-state index contributed by atoms with van der Waals surface area (Å²) in [6.07, 6.45) is 6.00. The minimum absolute atomic E-state index is 0.0680. The highest BCUT2D eigenvalue weighted by Crippen LogP contribution is 2.28. The standard InChI is InChI=1S/C26H39N3O5S/c1-19(20(2)17-34-5)14-22(30)15-29(11-8-6-7-9-12-29)16-23(31)28-24-21(3)18-35-25(24)26(32)27-10-13-33-4/h17-18H,1,6-16H2,2-5H3,(H-,27,28,31,32)/p+1/b20-17-. The molecule has 2 amide bonds. The number of aryl methyl sites for hydroxylation is 1. The molecule has 1 aliphatic heterocycles. The largest absolute Gasteiger partial charge is 0.504 e. The number of carbonyl (C=O) groups is 3. The van der Waals surface area contributed by atoms with Crippen molar-refractivity contribution in [3.05, 3.63) is 39.8 Å². The van der Waals surface area contributed by atoms with E-state index in [-0.39, 0.29) is 30.6 Å². The minimum Gasteiger partial charge on any atom is -0.504 e. The summed E-state index contributed by atoms with van der Waals surface area (Å²) in [5.41, 5.74) is 2.95. The number of allylic oxidation sites excluding steroid dienone is 2. The summed E-state index contributed by atoms with van der Waals surface area (Å²) in [5, 5.41) is 7.66. The lowest BCUT2D eigenvalue weighted by atomic mass is 10.0. The zero-order valence-electron chi connectivity index (χ0n) is 21.5. The quantitative estimate of drug-likeness (QED) is 0.184. The van der Waals surface area contributed by atoms with Crippen molar-refractivity contribution < 1.29 is 28.3 Å². The topological polar surface area (TPSA) is 93.7 Å². The van der Waals surface area contributed by atoms with E-state index in [1.807, 2.05) is 19.2 Å². The second kappa shape index (κ2) is 14.2. The zero-order valence-corrected chi connectivity index (χ0v) is 22.4. The number of carbonyl (C=O) groups excluding carboxylic acids is 3. The molecule has 0 aliphatic carbocycles. The molecule has 0 atom stereocenters. The number of hydrogen-bond acceptors (Lipinski definition) is 6. The summed E-state index contributed by atoms with van der Waals surface area (Å²) < 4.78 is 10.5. The van der Waals surface area contributed by atoms with E-state index in [4.69, 9.17) is 9.47 Å². The van der Waals surface area contributed by atoms with Crippen LogP contribution in [0, 0.1) is 6.92 Å². The van der Waals surface area contributed by atoms with Gasteiger partial charge in [0, 0.05) is 20.1 Å². The van der Waals surface area contributed by atoms with Gasteiger partial charge < -0.3 is 24.6 Å². The molecule has 0 unspecified atom stereocenters. The molecule has 0 bridgehead atoms. The Labute approximate surface area is 212 Å². The SMILES string of the molecule is C=C(CC(=O)C[N+]1(CC(=O)Nc2c(C)csc2C(=O)NCCOC)CCCCCC1)/C(C)=C\OC. The van der Waals surface area contributed by atoms with Crippen molar-refractivity contribution in [1.29, 1.82) is 0 Å². The van der Waals surface area contributed by atoms with Gasteiger partial charge in [0.1, 0.15) is 11.4 Å². The van der Waals surface area contributed by atoms with E-state index in [0.29, 0.717) is 34.7 Å². The molecule has 0 radical (unpaired) electrons. The van der Waals surface area contributed by atoms with Gasteiger partial charge in [-0.1, -0.05) is 6.58 Å². The van der Waals surface area contributed by atoms with Gasteiger partial charge in [0.2, 0.25) is 0 Å². The first kappa shape index (κ1) is 28.7. The van der Waals surface area contributed by atoms with E-state index in [9.17, 15) is 14.4 Å². The van der Waals surface area contributed by atoms with Crippen LogP contribution in [0.3, 0.4) is 0 Å². The number of ether oxygens (including phenoxy) is 2. The Hall–Kier alpha value is -2.49. The average Bonchev–Trinajstić information content (AvgIpc) is 3.00. The molecule has 8 nitrogen and oxygen atoms in total. The highest BCUT2D eigenvalue weighted by atomic mass is 32.1. The molecular formula is C26H40N3O5S+. The average molecular weight is 507 g/mol. The number of rotatable bonds is 13. The van der Waals surface area contributed by atoms with Crippen LogP contribution < -0.4 is 10.6 Å². The molecule has 2 rings (SSSR count). The van der Waals surface area contributed by atoms with Gasteiger partial charge in [-0.2, -0.15) is 0 Å². The maximum Gasteiger partial charge on any atom is 0.279 e. The number of nitrogens with one attached hydrogen (secondary N) is 2. The smallest absolute Gasteiger partial charge is 0.279 e. The summed E-state index contributed by atoms with van der Waals surface area (Å²) in [6.45, 7) is 10.6. The fourth-order valence-electron chi connectivity index (χ4n) is 4.40. The van der Waals surface area contributed by atoms with Crippen molar-refractivity contribution in [3.63, 3.8) is 0 Å². The van der Waals surface area contributed by atoms with Crippen molar-refractivity contribution >= 4 is 34.6 Å². The van der Waals surface area contributed by atoms with Crippen molar-refractivity contribution in [2.24, 2.45) is 0 Å². The number of ketones is 1. The molecule has 0 spiro atoms. The number of amides is 2. The van der Waals surface area contributed by atoms with Crippen LogP contribution in [0.5, 0.6) is 0 Å². The Morgan fingerprint density at radius 3 is 2.46 bits per heavy atom. The number of nitrogens with zero attached hydrogens (tertiary/aromatic N) is 1. The minimum atomic E-state index is -0.234. The van der Waals surface area contributed by atoms with Crippen molar-refractivity contribution in [2.75, 3.05) is 58.9 Å². The zero-order chi connectivity index (χ0) is 25.8. The maximum absolute atomic E-state index is 13.3. The normalized spacial score (nSPS) is 15.7. The molecular weight excluding hydrogens is 466 g/mol. The third-order valence-corrected chi connectivity index (χ3v) is 7.40. The number of quaternary nitrogens is 1. The first-order valence-corrected chi connectivity index (χ1v) is 13.0. The van der Waals surface area contributed by atoms with Gasteiger partial charge in [0.25, 0.3) is 11.8 Å². The Bertz CT molecular complexity index is 929. The Morgan fingerprint density at radius 2 is 1.83 bits per heavy atom. The van der Waals surface area contributed by atoms with E-state index >= 15 is 0 Å². The van der Waals surface area contributed by atoms with Crippen molar-refractivity contribution in [2.45, 2.75) is 46.0 Å². The van der Waals surface area contributed by atoms with Crippen LogP contribution >= 0.6 is 11.3 Å². The summed E-state index contributed by atoms with van der Waals surface area (Å²) in [7, 11) is 3.14. The lowest BCUT2D eigenvalue weighted by Crippen LogP contribution is -2.55. The number of Topliss-reactive ketones (excluding diaryl/α,β-unsaturated/α-hetero) is 1. The van der Waals surface area contributed by atoms with E-state index in [2.05, 4.69) is 17.2 Å². The second-order valence-electron chi connectivity index (χ2n) is 9.29. The molecule has 1 fully saturated rings. The predicted molar refractivity (Wildman–Crippen MR) is 140 cm³/mol. The van der Waals surface area contributed by atoms with Crippen molar-refractivity contribution in [3.8, 4) is 0 Å². The third-order valence-electron chi connectivity index (χ3n) is 6.31. The van der Waals surface area contributed by atoms with Gasteiger partial charge in [0.05, 0.1) is 38.8 Å². The molecule has 1 aromatic rings. The van der Waals surface area contributed by atoms with Gasteiger partial charge in [-0.25, -0.2) is 0 Å². The second-order valence-corrected chi connectivity index (χ2v) is 10.2. The highest BCUT2D eigenvalue weighted by molar-refractivity contribution is 7.13. The molecule has 1 aromatic heterocycles. The van der Waals surface area contributed by atoms with Gasteiger partial charge in [-0.05, 0) is 61.6 Å². The Balaban J connectivity index is 2.13. The lowest BCUT2D eigenvalue weighted by Gasteiger charge is -2.36. The first-order valence-electron chi connectivity index (χ1n) is 12.1. The number of thiophene rings is 1. The summed E-state index contributed by atoms with van der Waals surface area (Å²) in [6, 6.07) is 0. The van der Waals surface area contributed by atoms with Crippen LogP contribution in [0.4, 0.5) is 5.69 Å². The summed E-state index contributed by atoms with van der Waals surface area (Å²) in [4.78, 5) is 39.4. The van der Waals surface area contributed by atoms with Gasteiger partial charge in [0.15, 0.2) is 12.3 Å². The Kier molecular flexibility index (Phi) is 11.6. The molecule has 2 heterocycles. The molecule has 1 aliphatic rings. The van der Waals surface area contributed by atoms with Gasteiger partial charge in [-0.3, -0.25) is 14.4 Å². The molecule has 9 heteroatoms. The number of likely N-dealkylation sites (tertiary alicyclic amines) is 1. The van der Waals surface area contributed by atoms with E-state index < -0.39 is 0 Å². The highest BCUT2D eigenvalue weighted by Gasteiger charge is 2.34. The number of methoxy groups -OCH3 is 2. The van der Waals surface area contributed by atoms with Gasteiger partial charge >= 0.3 is 0 Å². The van der Waals surface area contributed by atoms with Gasteiger partial charge in [-0.15, -0.1) is 11.3 Å². The lowest BCUT2D eigenvalue weighted by molar-refractivity contribution is -0.912. The van der Waals surface area contributed by atoms with Crippen LogP contribution in [-0.4, -0.2) is 75.6 Å². The number of anilines is 1. The molecule has 2 N–H and O–H groups in total. The van der Waals surface area contributed by atoms with Crippen LogP contribution in [0.15, 0.2) is 29.4 Å².